The molecule has 2 aromatic rings. The van der Waals surface area contributed by atoms with Crippen molar-refractivity contribution in [1.82, 2.24) is 4.90 Å². The zero-order valence-electron chi connectivity index (χ0n) is 15.1. The Morgan fingerprint density at radius 3 is 2.28 bits per heavy atom. The summed E-state index contributed by atoms with van der Waals surface area (Å²) in [5.41, 5.74) is 0.479. The Labute approximate surface area is 170 Å². The van der Waals surface area contributed by atoms with Crippen LogP contribution in [0, 0.1) is 10.1 Å². The number of carbonyl (C=O) groups excluding carboxylic acids is 2. The van der Waals surface area contributed by atoms with Crippen LogP contribution in [0.4, 0.5) is 5.69 Å². The van der Waals surface area contributed by atoms with Crippen LogP contribution < -0.4 is 0 Å². The lowest BCUT2D eigenvalue weighted by Crippen LogP contribution is -2.31. The molecule has 2 aromatic carbocycles. The molecule has 0 spiro atoms. The van der Waals surface area contributed by atoms with Crippen LogP contribution in [0.2, 0.25) is 5.02 Å². The molecule has 8 nitrogen and oxygen atoms in total. The van der Waals surface area contributed by atoms with Gasteiger partial charge in [-0.2, -0.15) is 0 Å². The maximum absolute atomic E-state index is 12.7. The molecule has 1 saturated heterocycles. The highest BCUT2D eigenvalue weighted by Crippen LogP contribution is 2.39. The lowest BCUT2D eigenvalue weighted by Gasteiger charge is -2.25. The number of benzene rings is 2. The van der Waals surface area contributed by atoms with Gasteiger partial charge in [0.05, 0.1) is 16.5 Å². The normalized spacial score (nSPS) is 18.3. The van der Waals surface area contributed by atoms with E-state index in [2.05, 4.69) is 0 Å². The van der Waals surface area contributed by atoms with Gasteiger partial charge in [-0.1, -0.05) is 11.6 Å². The third-order valence-corrected chi connectivity index (χ3v) is 4.89. The average molecular weight is 417 g/mol. The van der Waals surface area contributed by atoms with E-state index >= 15 is 0 Å². The number of carbonyl (C=O) groups is 2. The summed E-state index contributed by atoms with van der Waals surface area (Å²) >= 11 is 5.87. The van der Waals surface area contributed by atoms with Crippen LogP contribution in [-0.4, -0.2) is 44.9 Å². The Balaban J connectivity index is 2.14. The number of halogens is 1. The van der Waals surface area contributed by atoms with Crippen molar-refractivity contribution < 1.29 is 24.7 Å². The molecule has 29 heavy (non-hydrogen) atoms. The second kappa shape index (κ2) is 8.42. The van der Waals surface area contributed by atoms with E-state index in [4.69, 9.17) is 16.7 Å². The number of amides is 1. The summed E-state index contributed by atoms with van der Waals surface area (Å²) in [6.45, 7) is -0.104. The highest BCUT2D eigenvalue weighted by Gasteiger charge is 2.45. The summed E-state index contributed by atoms with van der Waals surface area (Å²) in [6, 6.07) is 10.6. The van der Waals surface area contributed by atoms with Crippen LogP contribution in [-0.2, 0) is 9.59 Å². The summed E-state index contributed by atoms with van der Waals surface area (Å²) in [7, 11) is 0. The summed E-state index contributed by atoms with van der Waals surface area (Å²) in [6.07, 6.45) is 0.234. The van der Waals surface area contributed by atoms with Gasteiger partial charge in [-0.3, -0.25) is 19.7 Å². The van der Waals surface area contributed by atoms with Crippen molar-refractivity contribution in [3.05, 3.63) is 80.4 Å². The number of hydrogen-bond acceptors (Lipinski definition) is 6. The molecular weight excluding hydrogens is 400 g/mol. The molecule has 2 N–H and O–H groups in total. The molecule has 1 heterocycles. The van der Waals surface area contributed by atoms with E-state index in [0.717, 1.165) is 0 Å². The lowest BCUT2D eigenvalue weighted by molar-refractivity contribution is -0.384. The number of nitrogens with zero attached hydrogens (tertiary/aromatic N) is 2. The minimum absolute atomic E-state index is 0.0835. The van der Waals surface area contributed by atoms with E-state index in [0.29, 0.717) is 16.1 Å². The number of ketones is 1. The Bertz CT molecular complexity index is 985. The Kier molecular flexibility index (Phi) is 5.95. The highest BCUT2D eigenvalue weighted by molar-refractivity contribution is 6.46. The van der Waals surface area contributed by atoms with Crippen LogP contribution in [0.5, 0.6) is 0 Å². The lowest BCUT2D eigenvalue weighted by atomic mass is 9.95. The monoisotopic (exact) mass is 416 g/mol. The number of nitro benzene ring substituents is 1. The first kappa shape index (κ1) is 20.5. The van der Waals surface area contributed by atoms with Gasteiger partial charge in [0.1, 0.15) is 5.76 Å². The molecule has 0 saturated carbocycles. The van der Waals surface area contributed by atoms with Gasteiger partial charge in [0.15, 0.2) is 0 Å². The predicted molar refractivity (Wildman–Crippen MR) is 105 cm³/mol. The van der Waals surface area contributed by atoms with E-state index < -0.39 is 22.7 Å². The van der Waals surface area contributed by atoms with Crippen LogP contribution in [0.1, 0.15) is 23.6 Å². The maximum atomic E-state index is 12.7. The van der Waals surface area contributed by atoms with Gasteiger partial charge in [0.25, 0.3) is 17.4 Å². The first-order valence-electron chi connectivity index (χ1n) is 8.74. The topological polar surface area (TPSA) is 121 Å². The van der Waals surface area contributed by atoms with Crippen molar-refractivity contribution in [2.24, 2.45) is 0 Å². The molecule has 0 bridgehead atoms. The number of rotatable bonds is 6. The minimum atomic E-state index is -0.932. The van der Waals surface area contributed by atoms with Crippen LogP contribution in [0.25, 0.3) is 5.76 Å². The molecule has 9 heteroatoms. The SMILES string of the molecule is O=C1C(=O)N(CCCO)[C@H](c2ccc([N+](=O)[O-])cc2)/C1=C(\O)c1ccc(Cl)cc1. The van der Waals surface area contributed by atoms with Gasteiger partial charge in [0, 0.05) is 35.9 Å². The second-order valence-electron chi connectivity index (χ2n) is 6.43. The second-order valence-corrected chi connectivity index (χ2v) is 6.86. The fourth-order valence-electron chi connectivity index (χ4n) is 3.24. The smallest absolute Gasteiger partial charge is 0.295 e. The quantitative estimate of drug-likeness (QED) is 0.245. The largest absolute Gasteiger partial charge is 0.507 e. The van der Waals surface area contributed by atoms with Crippen LogP contribution in [0.15, 0.2) is 54.1 Å². The minimum Gasteiger partial charge on any atom is -0.507 e. The standard InChI is InChI=1S/C20H17ClN2O6/c21-14-6-2-13(3-7-14)18(25)16-17(12-4-8-15(9-5-12)23(28)29)22(10-1-11-24)20(27)19(16)26/h2-9,17,24-25H,1,10-11H2/b18-16+/t17-/m1/s1. The van der Waals surface area contributed by atoms with E-state index in [-0.39, 0.29) is 36.6 Å². The number of aliphatic hydroxyl groups is 2. The van der Waals surface area contributed by atoms with Gasteiger partial charge in [-0.25, -0.2) is 0 Å². The van der Waals surface area contributed by atoms with Crippen molar-refractivity contribution in [2.45, 2.75) is 12.5 Å². The van der Waals surface area contributed by atoms with Crippen molar-refractivity contribution in [3.8, 4) is 0 Å². The van der Waals surface area contributed by atoms with Crippen molar-refractivity contribution in [3.63, 3.8) is 0 Å². The summed E-state index contributed by atoms with van der Waals surface area (Å²) in [5.74, 6) is -2.04. The summed E-state index contributed by atoms with van der Waals surface area (Å²) < 4.78 is 0. The average Bonchev–Trinajstić information content (AvgIpc) is 2.97. The molecule has 0 aromatic heterocycles. The number of Topliss-reactive ketones (excluding diaryl/α,β-unsaturated/α-hetero) is 1. The van der Waals surface area contributed by atoms with Gasteiger partial charge >= 0.3 is 0 Å². The fraction of sp³-hybridized carbons (Fsp3) is 0.200. The van der Waals surface area contributed by atoms with Gasteiger partial charge < -0.3 is 15.1 Å². The Morgan fingerprint density at radius 1 is 1.10 bits per heavy atom. The molecule has 1 aliphatic heterocycles. The Hall–Kier alpha value is -3.23. The zero-order chi connectivity index (χ0) is 21.1. The van der Waals surface area contributed by atoms with E-state index in [1.54, 1.807) is 12.1 Å². The van der Waals surface area contributed by atoms with Crippen molar-refractivity contribution in [1.29, 1.82) is 0 Å². The molecule has 1 amide bonds. The maximum Gasteiger partial charge on any atom is 0.295 e. The Morgan fingerprint density at radius 2 is 1.72 bits per heavy atom. The first-order valence-corrected chi connectivity index (χ1v) is 9.12. The van der Waals surface area contributed by atoms with Crippen molar-refractivity contribution >= 4 is 34.7 Å². The molecule has 0 radical (unpaired) electrons. The zero-order valence-corrected chi connectivity index (χ0v) is 15.9. The molecular formula is C20H17ClN2O6. The van der Waals surface area contributed by atoms with Crippen LogP contribution in [0.3, 0.4) is 0 Å². The van der Waals surface area contributed by atoms with E-state index in [1.807, 2.05) is 0 Å². The number of nitro groups is 1. The van der Waals surface area contributed by atoms with Crippen LogP contribution >= 0.6 is 11.6 Å². The predicted octanol–water partition coefficient (Wildman–Crippen LogP) is 3.05. The van der Waals surface area contributed by atoms with E-state index in [9.17, 15) is 24.8 Å². The third-order valence-electron chi connectivity index (χ3n) is 4.63. The third kappa shape index (κ3) is 3.98. The number of hydrogen-bond donors (Lipinski definition) is 2. The fourth-order valence-corrected chi connectivity index (χ4v) is 3.37. The highest BCUT2D eigenvalue weighted by atomic mass is 35.5. The number of aliphatic hydroxyl groups excluding tert-OH is 2. The molecule has 1 atom stereocenters. The van der Waals surface area contributed by atoms with E-state index in [1.165, 1.54) is 41.3 Å². The molecule has 0 unspecified atom stereocenters. The number of non-ortho nitro benzene ring substituents is 1. The molecule has 150 valence electrons. The van der Waals surface area contributed by atoms with Gasteiger partial charge in [-0.05, 0) is 48.4 Å². The molecule has 1 aliphatic rings. The van der Waals surface area contributed by atoms with Gasteiger partial charge in [0.2, 0.25) is 0 Å². The molecule has 1 fully saturated rings. The first-order chi connectivity index (χ1) is 13.8. The summed E-state index contributed by atoms with van der Waals surface area (Å²) in [5, 5.41) is 31.3. The summed E-state index contributed by atoms with van der Waals surface area (Å²) in [4.78, 5) is 36.9. The number of likely N-dealkylation sites (tertiary alicyclic amines) is 1. The van der Waals surface area contributed by atoms with Crippen molar-refractivity contribution in [2.75, 3.05) is 13.2 Å². The van der Waals surface area contributed by atoms with Gasteiger partial charge in [-0.15, -0.1) is 0 Å². The molecule has 3 rings (SSSR count). The molecule has 0 aliphatic carbocycles.